The lowest BCUT2D eigenvalue weighted by Crippen LogP contribution is -2.63. The molecule has 1 spiro atoms. The van der Waals surface area contributed by atoms with E-state index in [1.807, 2.05) is 13.8 Å². The van der Waals surface area contributed by atoms with Crippen molar-refractivity contribution in [2.24, 2.45) is 5.41 Å². The number of hydrogen-bond donors (Lipinski definition) is 0. The standard InChI is InChI=1S/C11H18O2/c1-10(2)9(12)13-11(10)7-5-3-4-6-8-11/h3-8H2,1-2H3. The highest BCUT2D eigenvalue weighted by Crippen LogP contribution is 2.52. The summed E-state index contributed by atoms with van der Waals surface area (Å²) in [4.78, 5) is 11.3. The zero-order chi connectivity index (χ0) is 9.53. The van der Waals surface area contributed by atoms with Crippen molar-refractivity contribution in [2.45, 2.75) is 58.0 Å². The fourth-order valence-corrected chi connectivity index (χ4v) is 2.60. The fraction of sp³-hybridized carbons (Fsp3) is 0.909. The smallest absolute Gasteiger partial charge is 0.316 e. The van der Waals surface area contributed by atoms with Crippen molar-refractivity contribution in [3.05, 3.63) is 0 Å². The first-order valence-electron chi connectivity index (χ1n) is 5.32. The van der Waals surface area contributed by atoms with Crippen molar-refractivity contribution in [1.29, 1.82) is 0 Å². The monoisotopic (exact) mass is 182 g/mol. The van der Waals surface area contributed by atoms with E-state index in [4.69, 9.17) is 4.74 Å². The molecule has 2 fully saturated rings. The molecule has 0 aromatic heterocycles. The normalized spacial score (nSPS) is 30.5. The molecule has 1 saturated heterocycles. The Hall–Kier alpha value is -0.530. The van der Waals surface area contributed by atoms with Crippen LogP contribution in [-0.2, 0) is 9.53 Å². The second kappa shape index (κ2) is 2.73. The van der Waals surface area contributed by atoms with Crippen LogP contribution in [0.25, 0.3) is 0 Å². The molecule has 2 heteroatoms. The van der Waals surface area contributed by atoms with Gasteiger partial charge < -0.3 is 4.74 Å². The van der Waals surface area contributed by atoms with Gasteiger partial charge in [-0.05, 0) is 39.5 Å². The first kappa shape index (κ1) is 9.04. The van der Waals surface area contributed by atoms with E-state index in [-0.39, 0.29) is 17.0 Å². The topological polar surface area (TPSA) is 26.3 Å². The third kappa shape index (κ3) is 1.11. The van der Waals surface area contributed by atoms with Crippen LogP contribution >= 0.6 is 0 Å². The largest absolute Gasteiger partial charge is 0.457 e. The number of hydrogen-bond acceptors (Lipinski definition) is 2. The molecule has 0 bridgehead atoms. The molecule has 0 aromatic carbocycles. The Morgan fingerprint density at radius 1 is 1.08 bits per heavy atom. The summed E-state index contributed by atoms with van der Waals surface area (Å²) in [5.74, 6) is -0.00519. The van der Waals surface area contributed by atoms with Crippen molar-refractivity contribution in [3.8, 4) is 0 Å². The minimum Gasteiger partial charge on any atom is -0.457 e. The molecule has 1 heterocycles. The average Bonchev–Trinajstić information content (AvgIpc) is 2.32. The average molecular weight is 182 g/mol. The SMILES string of the molecule is CC1(C)C(=O)OC12CCCCCC2. The minimum absolute atomic E-state index is 0.00519. The lowest BCUT2D eigenvalue weighted by Gasteiger charge is -2.53. The summed E-state index contributed by atoms with van der Waals surface area (Å²) in [5, 5.41) is 0. The molecule has 0 N–H and O–H groups in total. The molecule has 2 nitrogen and oxygen atoms in total. The molecular weight excluding hydrogens is 164 g/mol. The summed E-state index contributed by atoms with van der Waals surface area (Å²) < 4.78 is 5.42. The molecular formula is C11H18O2. The van der Waals surface area contributed by atoms with Crippen molar-refractivity contribution < 1.29 is 9.53 Å². The van der Waals surface area contributed by atoms with Crippen LogP contribution in [0.15, 0.2) is 0 Å². The Bertz CT molecular complexity index is 222. The zero-order valence-electron chi connectivity index (χ0n) is 8.56. The molecule has 2 rings (SSSR count). The summed E-state index contributed by atoms with van der Waals surface area (Å²) >= 11 is 0. The minimum atomic E-state index is -0.225. The lowest BCUT2D eigenvalue weighted by atomic mass is 9.66. The first-order chi connectivity index (χ1) is 6.08. The van der Waals surface area contributed by atoms with E-state index in [0.717, 1.165) is 12.8 Å². The third-order valence-corrected chi connectivity index (χ3v) is 3.85. The maximum Gasteiger partial charge on any atom is 0.316 e. The molecule has 74 valence electrons. The summed E-state index contributed by atoms with van der Waals surface area (Å²) in [6.45, 7) is 4.06. The van der Waals surface area contributed by atoms with Gasteiger partial charge in [-0.25, -0.2) is 0 Å². The van der Waals surface area contributed by atoms with Crippen molar-refractivity contribution in [2.75, 3.05) is 0 Å². The van der Waals surface area contributed by atoms with Crippen LogP contribution in [0.2, 0.25) is 0 Å². The predicted octanol–water partition coefficient (Wildman–Crippen LogP) is 2.66. The fourth-order valence-electron chi connectivity index (χ4n) is 2.60. The molecule has 0 unspecified atom stereocenters. The molecule has 1 aliphatic carbocycles. The summed E-state index contributed by atoms with van der Waals surface area (Å²) in [7, 11) is 0. The molecule has 1 aliphatic heterocycles. The van der Waals surface area contributed by atoms with Crippen LogP contribution in [0.3, 0.4) is 0 Å². The van der Waals surface area contributed by atoms with Crippen LogP contribution in [0.5, 0.6) is 0 Å². The number of carbonyl (C=O) groups excluding carboxylic acids is 1. The zero-order valence-corrected chi connectivity index (χ0v) is 8.56. The van der Waals surface area contributed by atoms with E-state index < -0.39 is 0 Å². The predicted molar refractivity (Wildman–Crippen MR) is 50.3 cm³/mol. The van der Waals surface area contributed by atoms with Crippen molar-refractivity contribution in [1.82, 2.24) is 0 Å². The summed E-state index contributed by atoms with van der Waals surface area (Å²) in [5.41, 5.74) is -0.322. The quantitative estimate of drug-likeness (QED) is 0.538. The molecule has 0 radical (unpaired) electrons. The Labute approximate surface area is 79.7 Å². The van der Waals surface area contributed by atoms with Crippen molar-refractivity contribution in [3.63, 3.8) is 0 Å². The number of esters is 1. The van der Waals surface area contributed by atoms with Gasteiger partial charge in [-0.1, -0.05) is 12.8 Å². The van der Waals surface area contributed by atoms with E-state index in [0.29, 0.717) is 0 Å². The van der Waals surface area contributed by atoms with Gasteiger partial charge in [-0.15, -0.1) is 0 Å². The van der Waals surface area contributed by atoms with Crippen molar-refractivity contribution >= 4 is 5.97 Å². The van der Waals surface area contributed by atoms with Gasteiger partial charge in [0.25, 0.3) is 0 Å². The Balaban J connectivity index is 2.16. The van der Waals surface area contributed by atoms with Crippen LogP contribution in [0, 0.1) is 5.41 Å². The molecule has 1 saturated carbocycles. The third-order valence-electron chi connectivity index (χ3n) is 3.85. The molecule has 13 heavy (non-hydrogen) atoms. The van der Waals surface area contributed by atoms with Gasteiger partial charge in [0.2, 0.25) is 0 Å². The molecule has 0 atom stereocenters. The Kier molecular flexibility index (Phi) is 1.90. The molecule has 0 amide bonds. The Morgan fingerprint density at radius 2 is 1.62 bits per heavy atom. The Morgan fingerprint density at radius 3 is 2.00 bits per heavy atom. The van der Waals surface area contributed by atoms with Gasteiger partial charge in [0.05, 0.1) is 0 Å². The van der Waals surface area contributed by atoms with E-state index in [9.17, 15) is 4.79 Å². The highest BCUT2D eigenvalue weighted by Gasteiger charge is 2.62. The van der Waals surface area contributed by atoms with Crippen LogP contribution < -0.4 is 0 Å². The van der Waals surface area contributed by atoms with Gasteiger partial charge >= 0.3 is 5.97 Å². The van der Waals surface area contributed by atoms with E-state index in [1.54, 1.807) is 0 Å². The van der Waals surface area contributed by atoms with E-state index >= 15 is 0 Å². The first-order valence-corrected chi connectivity index (χ1v) is 5.32. The van der Waals surface area contributed by atoms with Crippen LogP contribution in [0.4, 0.5) is 0 Å². The number of rotatable bonds is 0. The van der Waals surface area contributed by atoms with Gasteiger partial charge in [-0.2, -0.15) is 0 Å². The van der Waals surface area contributed by atoms with Gasteiger partial charge in [0.15, 0.2) is 0 Å². The van der Waals surface area contributed by atoms with Crippen LogP contribution in [-0.4, -0.2) is 11.6 Å². The van der Waals surface area contributed by atoms with Gasteiger partial charge in [0.1, 0.15) is 11.0 Å². The molecule has 2 aliphatic rings. The van der Waals surface area contributed by atoms with Crippen LogP contribution in [0.1, 0.15) is 52.4 Å². The second-order valence-corrected chi connectivity index (χ2v) is 4.92. The number of ether oxygens (including phenoxy) is 1. The van der Waals surface area contributed by atoms with Gasteiger partial charge in [0, 0.05) is 0 Å². The summed E-state index contributed by atoms with van der Waals surface area (Å²) in [6.07, 6.45) is 7.19. The molecule has 0 aromatic rings. The van der Waals surface area contributed by atoms with E-state index in [2.05, 4.69) is 0 Å². The lowest BCUT2D eigenvalue weighted by molar-refractivity contribution is -0.239. The van der Waals surface area contributed by atoms with Gasteiger partial charge in [-0.3, -0.25) is 4.79 Å². The maximum atomic E-state index is 11.3. The van der Waals surface area contributed by atoms with E-state index in [1.165, 1.54) is 25.7 Å². The second-order valence-electron chi connectivity index (χ2n) is 4.92. The maximum absolute atomic E-state index is 11.3. The summed E-state index contributed by atoms with van der Waals surface area (Å²) in [6, 6.07) is 0. The number of carbonyl (C=O) groups is 1. The highest BCUT2D eigenvalue weighted by atomic mass is 16.6. The highest BCUT2D eigenvalue weighted by molar-refractivity contribution is 5.84.